The molecule has 0 aromatic carbocycles. The van der Waals surface area contributed by atoms with Crippen LogP contribution in [0.4, 0.5) is 4.79 Å². The summed E-state index contributed by atoms with van der Waals surface area (Å²) in [5.74, 6) is 0.194. The van der Waals surface area contributed by atoms with Crippen LogP contribution >= 0.6 is 21.6 Å². The standard InChI is InChI=1S/C16H26N2O5S2/c1-16(2,3)23-15(22)18-9-5-4-6-12(18)14(21)17-8-11-25-24-10-7-13(19)20/h5,9,12H,4,6-8,10-11H2,1-3H3,(H,17,21)(H,19,20). The third-order valence-corrected chi connectivity index (χ3v) is 5.49. The van der Waals surface area contributed by atoms with Crippen LogP contribution < -0.4 is 5.32 Å². The summed E-state index contributed by atoms with van der Waals surface area (Å²) in [5, 5.41) is 11.4. The van der Waals surface area contributed by atoms with E-state index in [1.54, 1.807) is 27.0 Å². The van der Waals surface area contributed by atoms with Gasteiger partial charge in [-0.1, -0.05) is 27.7 Å². The molecule has 9 heteroatoms. The van der Waals surface area contributed by atoms with Crippen molar-refractivity contribution in [3.8, 4) is 0 Å². The van der Waals surface area contributed by atoms with Crippen LogP contribution in [0, 0.1) is 0 Å². The van der Waals surface area contributed by atoms with Gasteiger partial charge in [-0.3, -0.25) is 14.5 Å². The molecule has 0 aromatic rings. The minimum absolute atomic E-state index is 0.128. The number of nitrogens with one attached hydrogen (secondary N) is 1. The molecule has 1 heterocycles. The van der Waals surface area contributed by atoms with E-state index in [-0.39, 0.29) is 12.3 Å². The quantitative estimate of drug-likeness (QED) is 0.486. The SMILES string of the molecule is CC(C)(C)OC(=O)N1C=CCCC1C(=O)NCCSSCCC(=O)O. The molecule has 0 aliphatic carbocycles. The number of amides is 2. The lowest BCUT2D eigenvalue weighted by molar-refractivity contribution is -0.136. The summed E-state index contributed by atoms with van der Waals surface area (Å²) >= 11 is 0. The van der Waals surface area contributed by atoms with E-state index in [2.05, 4.69) is 5.32 Å². The van der Waals surface area contributed by atoms with Crippen LogP contribution in [0.15, 0.2) is 12.3 Å². The molecule has 0 fully saturated rings. The van der Waals surface area contributed by atoms with Crippen molar-refractivity contribution in [3.05, 3.63) is 12.3 Å². The largest absolute Gasteiger partial charge is 0.481 e. The maximum absolute atomic E-state index is 12.4. The fourth-order valence-electron chi connectivity index (χ4n) is 2.03. The molecule has 1 aliphatic heterocycles. The van der Waals surface area contributed by atoms with Gasteiger partial charge >= 0.3 is 12.1 Å². The molecule has 2 N–H and O–H groups in total. The second-order valence-corrected chi connectivity index (χ2v) is 9.15. The lowest BCUT2D eigenvalue weighted by Crippen LogP contribution is -2.49. The first-order valence-electron chi connectivity index (χ1n) is 8.12. The maximum Gasteiger partial charge on any atom is 0.415 e. The molecular weight excluding hydrogens is 364 g/mol. The van der Waals surface area contributed by atoms with Gasteiger partial charge in [0.1, 0.15) is 11.6 Å². The fourth-order valence-corrected chi connectivity index (χ4v) is 3.91. The monoisotopic (exact) mass is 390 g/mol. The van der Waals surface area contributed by atoms with Crippen LogP contribution in [0.3, 0.4) is 0 Å². The predicted octanol–water partition coefficient (Wildman–Crippen LogP) is 2.87. The van der Waals surface area contributed by atoms with E-state index in [0.29, 0.717) is 24.5 Å². The van der Waals surface area contributed by atoms with Gasteiger partial charge in [0.25, 0.3) is 0 Å². The van der Waals surface area contributed by atoms with Gasteiger partial charge in [0.05, 0.1) is 6.42 Å². The van der Waals surface area contributed by atoms with Crippen LogP contribution in [-0.4, -0.2) is 57.7 Å². The van der Waals surface area contributed by atoms with Crippen molar-refractivity contribution in [2.45, 2.75) is 51.7 Å². The number of aliphatic carboxylic acids is 1. The van der Waals surface area contributed by atoms with Gasteiger partial charge < -0.3 is 15.2 Å². The van der Waals surface area contributed by atoms with Gasteiger partial charge in [-0.25, -0.2) is 4.79 Å². The zero-order valence-corrected chi connectivity index (χ0v) is 16.5. The van der Waals surface area contributed by atoms with Crippen molar-refractivity contribution in [1.29, 1.82) is 0 Å². The number of carboxylic acid groups (broad SMARTS) is 1. The van der Waals surface area contributed by atoms with Crippen molar-refractivity contribution in [1.82, 2.24) is 10.2 Å². The highest BCUT2D eigenvalue weighted by Gasteiger charge is 2.32. The Morgan fingerprint density at radius 1 is 1.28 bits per heavy atom. The molecule has 1 unspecified atom stereocenters. The first-order valence-corrected chi connectivity index (χ1v) is 10.6. The summed E-state index contributed by atoms with van der Waals surface area (Å²) < 4.78 is 5.35. The molecular formula is C16H26N2O5S2. The number of carbonyl (C=O) groups excluding carboxylic acids is 2. The Hall–Kier alpha value is -1.35. The zero-order valence-electron chi connectivity index (χ0n) is 14.8. The number of hydrogen-bond donors (Lipinski definition) is 2. The Morgan fingerprint density at radius 2 is 1.96 bits per heavy atom. The average molecular weight is 391 g/mol. The highest BCUT2D eigenvalue weighted by atomic mass is 33.1. The smallest absolute Gasteiger partial charge is 0.415 e. The molecule has 142 valence electrons. The molecule has 0 saturated carbocycles. The summed E-state index contributed by atoms with van der Waals surface area (Å²) in [6.07, 6.45) is 4.35. The third kappa shape index (κ3) is 9.06. The third-order valence-electron chi connectivity index (χ3n) is 3.08. The Bertz CT molecular complexity index is 505. The molecule has 0 bridgehead atoms. The summed E-state index contributed by atoms with van der Waals surface area (Å²) in [6, 6.07) is -0.565. The van der Waals surface area contributed by atoms with Crippen LogP contribution in [0.1, 0.15) is 40.0 Å². The second-order valence-electron chi connectivity index (χ2n) is 6.44. The van der Waals surface area contributed by atoms with E-state index in [9.17, 15) is 14.4 Å². The van der Waals surface area contributed by atoms with Gasteiger partial charge in [0.2, 0.25) is 5.91 Å². The van der Waals surface area contributed by atoms with E-state index in [0.717, 1.165) is 6.42 Å². The first-order chi connectivity index (χ1) is 11.7. The van der Waals surface area contributed by atoms with Gasteiger partial charge in [0, 0.05) is 24.3 Å². The van der Waals surface area contributed by atoms with E-state index in [1.165, 1.54) is 26.5 Å². The second kappa shape index (κ2) is 10.6. The predicted molar refractivity (Wildman–Crippen MR) is 100 cm³/mol. The van der Waals surface area contributed by atoms with E-state index in [4.69, 9.17) is 9.84 Å². The summed E-state index contributed by atoms with van der Waals surface area (Å²) in [6.45, 7) is 5.82. The molecule has 1 rings (SSSR count). The number of allylic oxidation sites excluding steroid dienone is 1. The van der Waals surface area contributed by atoms with Crippen molar-refractivity contribution in [3.63, 3.8) is 0 Å². The number of carboxylic acids is 1. The van der Waals surface area contributed by atoms with Gasteiger partial charge in [-0.05, 0) is 33.6 Å². The highest BCUT2D eigenvalue weighted by molar-refractivity contribution is 8.76. The Balaban J connectivity index is 2.38. The Kier molecular flexibility index (Phi) is 9.20. The molecule has 7 nitrogen and oxygen atoms in total. The van der Waals surface area contributed by atoms with Gasteiger partial charge in [-0.15, -0.1) is 0 Å². The van der Waals surface area contributed by atoms with E-state index >= 15 is 0 Å². The number of ether oxygens (including phenoxy) is 1. The lowest BCUT2D eigenvalue weighted by atomic mass is 10.1. The molecule has 0 spiro atoms. The highest BCUT2D eigenvalue weighted by Crippen LogP contribution is 2.22. The number of hydrogen-bond acceptors (Lipinski definition) is 6. The topological polar surface area (TPSA) is 95.9 Å². The minimum atomic E-state index is -0.811. The van der Waals surface area contributed by atoms with Crippen molar-refractivity contribution >= 4 is 39.6 Å². The summed E-state index contributed by atoms with van der Waals surface area (Å²) in [7, 11) is 2.99. The Labute approximate surface area is 156 Å². The molecule has 25 heavy (non-hydrogen) atoms. The van der Waals surface area contributed by atoms with Crippen molar-refractivity contribution < 1.29 is 24.2 Å². The lowest BCUT2D eigenvalue weighted by Gasteiger charge is -2.32. The van der Waals surface area contributed by atoms with Crippen LogP contribution in [0.2, 0.25) is 0 Å². The van der Waals surface area contributed by atoms with Crippen LogP contribution in [0.25, 0.3) is 0 Å². The number of carbonyl (C=O) groups is 3. The summed E-state index contributed by atoms with van der Waals surface area (Å²) in [5.41, 5.74) is -0.618. The molecule has 0 aromatic heterocycles. The number of rotatable bonds is 8. The summed E-state index contributed by atoms with van der Waals surface area (Å²) in [4.78, 5) is 36.4. The van der Waals surface area contributed by atoms with E-state index in [1.807, 2.05) is 6.08 Å². The minimum Gasteiger partial charge on any atom is -0.481 e. The van der Waals surface area contributed by atoms with Crippen molar-refractivity contribution in [2.75, 3.05) is 18.1 Å². The molecule has 1 aliphatic rings. The molecule has 2 amide bonds. The normalized spacial score (nSPS) is 17.2. The maximum atomic E-state index is 12.4. The molecule has 0 saturated heterocycles. The number of nitrogens with zero attached hydrogens (tertiary/aromatic N) is 1. The van der Waals surface area contributed by atoms with Gasteiger partial charge in [-0.2, -0.15) is 0 Å². The fraction of sp³-hybridized carbons (Fsp3) is 0.688. The first kappa shape index (κ1) is 21.7. The van der Waals surface area contributed by atoms with Crippen molar-refractivity contribution in [2.24, 2.45) is 0 Å². The molecule has 0 radical (unpaired) electrons. The van der Waals surface area contributed by atoms with Gasteiger partial charge in [0.15, 0.2) is 0 Å². The molecule has 1 atom stereocenters. The zero-order chi connectivity index (χ0) is 18.9. The average Bonchev–Trinajstić information content (AvgIpc) is 2.51. The Morgan fingerprint density at radius 3 is 2.60 bits per heavy atom. The van der Waals surface area contributed by atoms with Crippen LogP contribution in [0.5, 0.6) is 0 Å². The van der Waals surface area contributed by atoms with E-state index < -0.39 is 23.7 Å². The van der Waals surface area contributed by atoms with Crippen LogP contribution in [-0.2, 0) is 14.3 Å².